The highest BCUT2D eigenvalue weighted by molar-refractivity contribution is 5.87. The Kier molecular flexibility index (Phi) is 2.07. The number of nitrogens with zero attached hydrogens (tertiary/aromatic N) is 2. The van der Waals surface area contributed by atoms with Gasteiger partial charge in [-0.15, -0.1) is 0 Å². The summed E-state index contributed by atoms with van der Waals surface area (Å²) in [5.74, 6) is 0. The minimum absolute atomic E-state index is 0.867. The van der Waals surface area contributed by atoms with Crippen LogP contribution in [0.3, 0.4) is 0 Å². The quantitative estimate of drug-likeness (QED) is 0.757. The Bertz CT molecular complexity index is 460. The zero-order valence-corrected chi connectivity index (χ0v) is 8.44. The molecule has 0 aliphatic carbocycles. The maximum Gasteiger partial charge on any atom is 0.154 e. The van der Waals surface area contributed by atoms with Crippen LogP contribution in [0.1, 0.15) is 0 Å². The zero-order valence-electron chi connectivity index (χ0n) is 8.44. The third kappa shape index (κ3) is 1.47. The van der Waals surface area contributed by atoms with Crippen molar-refractivity contribution in [1.29, 1.82) is 0 Å². The Morgan fingerprint density at radius 3 is 3.07 bits per heavy atom. The lowest BCUT2D eigenvalue weighted by molar-refractivity contribution is 0.578. The Labute approximate surface area is 87.9 Å². The molecule has 0 unspecified atom stereocenters. The van der Waals surface area contributed by atoms with E-state index in [1.165, 1.54) is 0 Å². The van der Waals surface area contributed by atoms with E-state index >= 15 is 0 Å². The predicted molar refractivity (Wildman–Crippen MR) is 59.1 cm³/mol. The number of anilines is 1. The molecule has 0 saturated carbocycles. The molecule has 1 saturated heterocycles. The molecule has 2 aromatic heterocycles. The van der Waals surface area contributed by atoms with Crippen molar-refractivity contribution < 1.29 is 4.42 Å². The van der Waals surface area contributed by atoms with Crippen molar-refractivity contribution in [3.63, 3.8) is 0 Å². The number of aromatic nitrogens is 1. The van der Waals surface area contributed by atoms with Crippen LogP contribution in [0.4, 0.5) is 5.69 Å². The number of nitrogens with one attached hydrogen (secondary N) is 1. The average molecular weight is 203 g/mol. The number of hydrogen-bond donors (Lipinski definition) is 1. The monoisotopic (exact) mass is 203 g/mol. The van der Waals surface area contributed by atoms with Crippen molar-refractivity contribution in [2.24, 2.45) is 0 Å². The fraction of sp³-hybridized carbons (Fsp3) is 0.364. The Morgan fingerprint density at radius 1 is 1.33 bits per heavy atom. The summed E-state index contributed by atoms with van der Waals surface area (Å²) in [5, 5.41) is 3.33. The molecule has 3 rings (SSSR count). The highest BCUT2D eigenvalue weighted by atomic mass is 16.3. The molecular formula is C11H13N3O. The normalized spacial score (nSPS) is 17.2. The van der Waals surface area contributed by atoms with Crippen LogP contribution in [-0.2, 0) is 0 Å². The van der Waals surface area contributed by atoms with E-state index in [2.05, 4.69) is 15.2 Å². The topological polar surface area (TPSA) is 41.3 Å². The van der Waals surface area contributed by atoms with Gasteiger partial charge in [-0.1, -0.05) is 0 Å². The molecular weight excluding hydrogens is 190 g/mol. The molecule has 3 heterocycles. The molecule has 1 aliphatic rings. The van der Waals surface area contributed by atoms with Crippen LogP contribution in [0.2, 0.25) is 0 Å². The second-order valence-corrected chi connectivity index (χ2v) is 3.71. The molecule has 0 radical (unpaired) electrons. The summed E-state index contributed by atoms with van der Waals surface area (Å²) in [7, 11) is 0. The van der Waals surface area contributed by atoms with Gasteiger partial charge in [0.15, 0.2) is 5.58 Å². The van der Waals surface area contributed by atoms with Crippen molar-refractivity contribution >= 4 is 16.8 Å². The maximum absolute atomic E-state index is 5.48. The lowest BCUT2D eigenvalue weighted by Gasteiger charge is -2.27. The first-order valence-corrected chi connectivity index (χ1v) is 5.23. The van der Waals surface area contributed by atoms with Crippen molar-refractivity contribution in [2.75, 3.05) is 31.1 Å². The lowest BCUT2D eigenvalue weighted by Crippen LogP contribution is -2.43. The summed E-state index contributed by atoms with van der Waals surface area (Å²) in [5.41, 5.74) is 2.96. The number of rotatable bonds is 1. The molecule has 0 atom stereocenters. The summed E-state index contributed by atoms with van der Waals surface area (Å²) in [6.07, 6.45) is 3.62. The van der Waals surface area contributed by atoms with E-state index < -0.39 is 0 Å². The van der Waals surface area contributed by atoms with E-state index in [0.29, 0.717) is 0 Å². The second kappa shape index (κ2) is 3.55. The van der Waals surface area contributed by atoms with Gasteiger partial charge in [0.25, 0.3) is 0 Å². The third-order valence-corrected chi connectivity index (χ3v) is 2.77. The van der Waals surface area contributed by atoms with Crippen LogP contribution in [0.15, 0.2) is 29.0 Å². The van der Waals surface area contributed by atoms with E-state index in [0.717, 1.165) is 43.0 Å². The molecule has 0 spiro atoms. The number of piperazine rings is 1. The first kappa shape index (κ1) is 8.73. The van der Waals surface area contributed by atoms with Gasteiger partial charge in [0.2, 0.25) is 0 Å². The van der Waals surface area contributed by atoms with Gasteiger partial charge in [0, 0.05) is 32.4 Å². The van der Waals surface area contributed by atoms with Crippen molar-refractivity contribution in [1.82, 2.24) is 10.3 Å². The smallest absolute Gasteiger partial charge is 0.154 e. The van der Waals surface area contributed by atoms with Gasteiger partial charge in [-0.3, -0.25) is 4.98 Å². The Morgan fingerprint density at radius 2 is 2.20 bits per heavy atom. The summed E-state index contributed by atoms with van der Waals surface area (Å²) in [6, 6.07) is 3.85. The van der Waals surface area contributed by atoms with Gasteiger partial charge in [-0.25, -0.2) is 0 Å². The molecule has 78 valence electrons. The van der Waals surface area contributed by atoms with Crippen LogP contribution < -0.4 is 10.2 Å². The van der Waals surface area contributed by atoms with E-state index in [-0.39, 0.29) is 0 Å². The standard InChI is InChI=1S/C11H13N3O/c1-2-10-11(13-3-1)9(8-15-10)14-6-4-12-5-7-14/h1-3,8,12H,4-7H2. The molecule has 15 heavy (non-hydrogen) atoms. The van der Waals surface area contributed by atoms with Crippen LogP contribution in [0, 0.1) is 0 Å². The maximum atomic E-state index is 5.48. The summed E-state index contributed by atoms with van der Waals surface area (Å²) < 4.78 is 5.48. The highest BCUT2D eigenvalue weighted by Crippen LogP contribution is 2.26. The minimum Gasteiger partial charge on any atom is -0.460 e. The summed E-state index contributed by atoms with van der Waals surface area (Å²) in [4.78, 5) is 6.68. The van der Waals surface area contributed by atoms with Crippen molar-refractivity contribution in [3.8, 4) is 0 Å². The van der Waals surface area contributed by atoms with Gasteiger partial charge >= 0.3 is 0 Å². The average Bonchev–Trinajstić information content (AvgIpc) is 2.74. The van der Waals surface area contributed by atoms with Gasteiger partial charge in [0.1, 0.15) is 17.5 Å². The highest BCUT2D eigenvalue weighted by Gasteiger charge is 2.15. The molecule has 4 heteroatoms. The molecule has 1 N–H and O–H groups in total. The largest absolute Gasteiger partial charge is 0.460 e. The van der Waals surface area contributed by atoms with Gasteiger partial charge < -0.3 is 14.6 Å². The Hall–Kier alpha value is -1.55. The zero-order chi connectivity index (χ0) is 10.1. The summed E-state index contributed by atoms with van der Waals surface area (Å²) >= 11 is 0. The molecule has 0 aromatic carbocycles. The number of hydrogen-bond acceptors (Lipinski definition) is 4. The molecule has 1 aliphatic heterocycles. The van der Waals surface area contributed by atoms with E-state index in [1.54, 1.807) is 0 Å². The number of furan rings is 1. The first-order chi connectivity index (χ1) is 7.45. The summed E-state index contributed by atoms with van der Waals surface area (Å²) in [6.45, 7) is 4.09. The van der Waals surface area contributed by atoms with Gasteiger partial charge in [0.05, 0.1) is 0 Å². The van der Waals surface area contributed by atoms with Crippen LogP contribution >= 0.6 is 0 Å². The van der Waals surface area contributed by atoms with E-state index in [1.807, 2.05) is 24.6 Å². The van der Waals surface area contributed by atoms with E-state index in [4.69, 9.17) is 4.42 Å². The molecule has 0 amide bonds. The fourth-order valence-corrected chi connectivity index (χ4v) is 1.98. The fourth-order valence-electron chi connectivity index (χ4n) is 1.98. The number of pyridine rings is 1. The Balaban J connectivity index is 2.02. The van der Waals surface area contributed by atoms with Crippen molar-refractivity contribution in [3.05, 3.63) is 24.6 Å². The molecule has 2 aromatic rings. The van der Waals surface area contributed by atoms with Crippen LogP contribution in [-0.4, -0.2) is 31.2 Å². The molecule has 0 bridgehead atoms. The molecule has 1 fully saturated rings. The van der Waals surface area contributed by atoms with Gasteiger partial charge in [-0.05, 0) is 12.1 Å². The van der Waals surface area contributed by atoms with Crippen LogP contribution in [0.5, 0.6) is 0 Å². The molecule has 4 nitrogen and oxygen atoms in total. The predicted octanol–water partition coefficient (Wildman–Crippen LogP) is 1.24. The van der Waals surface area contributed by atoms with E-state index in [9.17, 15) is 0 Å². The SMILES string of the molecule is c1cnc2c(N3CCNCC3)coc2c1. The van der Waals surface area contributed by atoms with Crippen molar-refractivity contribution in [2.45, 2.75) is 0 Å². The van der Waals surface area contributed by atoms with Gasteiger partial charge in [-0.2, -0.15) is 0 Å². The van der Waals surface area contributed by atoms with Crippen LogP contribution in [0.25, 0.3) is 11.1 Å². The first-order valence-electron chi connectivity index (χ1n) is 5.23. The lowest BCUT2D eigenvalue weighted by atomic mass is 10.3. The minimum atomic E-state index is 0.867. The second-order valence-electron chi connectivity index (χ2n) is 3.71. The third-order valence-electron chi connectivity index (χ3n) is 2.77. The number of fused-ring (bicyclic) bond motifs is 1.